The summed E-state index contributed by atoms with van der Waals surface area (Å²) in [6.45, 7) is 4.42. The van der Waals surface area contributed by atoms with Gasteiger partial charge in [-0.2, -0.15) is 14.8 Å². The maximum atomic E-state index is 13.9. The summed E-state index contributed by atoms with van der Waals surface area (Å²) in [4.78, 5) is 13.2. The minimum Gasteiger partial charge on any atom is -0.378 e. The number of benzene rings is 1. The molecule has 2 saturated heterocycles. The van der Waals surface area contributed by atoms with Crippen LogP contribution < -0.4 is 15.5 Å². The largest absolute Gasteiger partial charge is 0.378 e. The summed E-state index contributed by atoms with van der Waals surface area (Å²) in [5, 5.41) is 20.5. The van der Waals surface area contributed by atoms with Gasteiger partial charge in [0.1, 0.15) is 6.07 Å². The molecule has 2 aromatic heterocycles. The molecule has 0 unspecified atom stereocenters. The summed E-state index contributed by atoms with van der Waals surface area (Å²) < 4.78 is 34.4. The van der Waals surface area contributed by atoms with Crippen LogP contribution in [0.15, 0.2) is 18.3 Å². The van der Waals surface area contributed by atoms with Gasteiger partial charge in [0.05, 0.1) is 41.8 Å². The highest BCUT2D eigenvalue weighted by Crippen LogP contribution is 2.39. The molecular formula is C23H24ClF2N9O. The Balaban J connectivity index is 1.32. The average Bonchev–Trinajstić information content (AvgIpc) is 3.55. The molecule has 36 heavy (non-hydrogen) atoms. The fourth-order valence-electron chi connectivity index (χ4n) is 4.49. The van der Waals surface area contributed by atoms with E-state index in [1.54, 1.807) is 0 Å². The second-order valence-corrected chi connectivity index (χ2v) is 9.61. The molecule has 1 aliphatic carbocycles. The summed E-state index contributed by atoms with van der Waals surface area (Å²) in [5.41, 5.74) is 1.32. The van der Waals surface area contributed by atoms with Crippen molar-refractivity contribution in [2.75, 3.05) is 54.9 Å². The summed E-state index contributed by atoms with van der Waals surface area (Å²) in [5.74, 6) is 0.586. The molecule has 2 aliphatic heterocycles. The standard InChI is InChI=1S/C23H24ClF2N9O/c24-19-17(30-23-31-21(29-14-1-2-14)22-28-10-15(9-27)35(22)32-23)7-13(20(25)26)8-18(19)34-5-3-33(4-6-34)16-11-36-12-16/h7-8,10,14,16,20H,1-6,11-12H2,(H2,29,30,31,32). The lowest BCUT2D eigenvalue weighted by Crippen LogP contribution is -2.56. The summed E-state index contributed by atoms with van der Waals surface area (Å²) >= 11 is 6.77. The highest BCUT2D eigenvalue weighted by Gasteiger charge is 2.30. The van der Waals surface area contributed by atoms with Crippen molar-refractivity contribution in [1.29, 1.82) is 5.26 Å². The van der Waals surface area contributed by atoms with Gasteiger partial charge in [-0.15, -0.1) is 5.10 Å². The number of ether oxygens (including phenoxy) is 1. The molecule has 0 amide bonds. The van der Waals surface area contributed by atoms with Crippen molar-refractivity contribution < 1.29 is 13.5 Å². The van der Waals surface area contributed by atoms with Gasteiger partial charge < -0.3 is 20.3 Å². The van der Waals surface area contributed by atoms with Crippen LogP contribution in [0.3, 0.4) is 0 Å². The average molecular weight is 516 g/mol. The van der Waals surface area contributed by atoms with Crippen LogP contribution in [0.1, 0.15) is 30.5 Å². The number of anilines is 4. The molecule has 3 aliphatic rings. The Morgan fingerprint density at radius 2 is 1.94 bits per heavy atom. The number of nitrogens with one attached hydrogen (secondary N) is 2. The summed E-state index contributed by atoms with van der Waals surface area (Å²) in [6.07, 6.45) is 0.766. The Bertz CT molecular complexity index is 1330. The van der Waals surface area contributed by atoms with Gasteiger partial charge in [-0.25, -0.2) is 13.8 Å². The lowest BCUT2D eigenvalue weighted by molar-refractivity contribution is -0.0660. The van der Waals surface area contributed by atoms with Crippen molar-refractivity contribution in [1.82, 2.24) is 24.5 Å². The van der Waals surface area contributed by atoms with Crippen molar-refractivity contribution in [3.05, 3.63) is 34.6 Å². The molecular weight excluding hydrogens is 492 g/mol. The van der Waals surface area contributed by atoms with E-state index in [1.165, 1.54) is 22.8 Å². The van der Waals surface area contributed by atoms with Crippen LogP contribution in [0.25, 0.3) is 5.65 Å². The van der Waals surface area contributed by atoms with E-state index < -0.39 is 6.43 Å². The van der Waals surface area contributed by atoms with Crippen molar-refractivity contribution in [2.24, 2.45) is 0 Å². The fourth-order valence-corrected chi connectivity index (χ4v) is 4.76. The first kappa shape index (κ1) is 23.1. The monoisotopic (exact) mass is 515 g/mol. The number of nitriles is 1. The van der Waals surface area contributed by atoms with Gasteiger partial charge in [0, 0.05) is 37.8 Å². The second kappa shape index (κ2) is 9.31. The number of hydrogen-bond donors (Lipinski definition) is 2. The van der Waals surface area contributed by atoms with Gasteiger partial charge in [-0.3, -0.25) is 4.90 Å². The van der Waals surface area contributed by atoms with Gasteiger partial charge >= 0.3 is 0 Å². The quantitative estimate of drug-likeness (QED) is 0.489. The number of aromatic nitrogens is 4. The fraction of sp³-hybridized carbons (Fsp3) is 0.478. The molecule has 13 heteroatoms. The zero-order chi connectivity index (χ0) is 24.8. The molecule has 4 heterocycles. The lowest BCUT2D eigenvalue weighted by Gasteiger charge is -2.43. The summed E-state index contributed by atoms with van der Waals surface area (Å²) in [7, 11) is 0. The van der Waals surface area contributed by atoms with E-state index in [9.17, 15) is 14.0 Å². The van der Waals surface area contributed by atoms with Gasteiger partial charge in [0.25, 0.3) is 6.43 Å². The minimum absolute atomic E-state index is 0.120. The molecule has 1 saturated carbocycles. The number of rotatable bonds is 7. The molecule has 1 aromatic carbocycles. The second-order valence-electron chi connectivity index (χ2n) is 9.23. The third-order valence-corrected chi connectivity index (χ3v) is 7.16. The van der Waals surface area contributed by atoms with E-state index in [0.29, 0.717) is 41.3 Å². The smallest absolute Gasteiger partial charge is 0.264 e. The number of imidazole rings is 1. The van der Waals surface area contributed by atoms with Gasteiger partial charge in [0.15, 0.2) is 17.2 Å². The predicted molar refractivity (Wildman–Crippen MR) is 130 cm³/mol. The minimum atomic E-state index is -2.68. The van der Waals surface area contributed by atoms with Crippen molar-refractivity contribution in [3.63, 3.8) is 0 Å². The van der Waals surface area contributed by atoms with E-state index in [4.69, 9.17) is 16.3 Å². The molecule has 0 bridgehead atoms. The molecule has 6 rings (SSSR count). The number of hydrogen-bond acceptors (Lipinski definition) is 9. The van der Waals surface area contributed by atoms with Crippen LogP contribution in [-0.4, -0.2) is 76.0 Å². The number of halogens is 3. The Kier molecular flexibility index (Phi) is 5.99. The van der Waals surface area contributed by atoms with Crippen LogP contribution in [0.2, 0.25) is 5.02 Å². The van der Waals surface area contributed by atoms with Crippen LogP contribution in [0.5, 0.6) is 0 Å². The van der Waals surface area contributed by atoms with Crippen LogP contribution in [-0.2, 0) is 4.74 Å². The number of alkyl halides is 2. The molecule has 3 aromatic rings. The molecule has 2 N–H and O–H groups in total. The molecule has 188 valence electrons. The first-order valence-electron chi connectivity index (χ1n) is 11.9. The molecule has 10 nitrogen and oxygen atoms in total. The Labute approximate surface area is 210 Å². The third kappa shape index (κ3) is 4.38. The zero-order valence-corrected chi connectivity index (χ0v) is 20.0. The van der Waals surface area contributed by atoms with E-state index in [1.807, 2.05) is 4.90 Å². The van der Waals surface area contributed by atoms with Crippen molar-refractivity contribution >= 4 is 40.4 Å². The van der Waals surface area contributed by atoms with Gasteiger partial charge in [-0.05, 0) is 25.0 Å². The molecule has 0 radical (unpaired) electrons. The Morgan fingerprint density at radius 1 is 1.17 bits per heavy atom. The third-order valence-electron chi connectivity index (χ3n) is 6.76. The van der Waals surface area contributed by atoms with Gasteiger partial charge in [-0.1, -0.05) is 11.6 Å². The molecule has 0 atom stereocenters. The normalized spacial score (nSPS) is 18.9. The van der Waals surface area contributed by atoms with E-state index in [-0.39, 0.29) is 28.9 Å². The first-order valence-corrected chi connectivity index (χ1v) is 12.3. The number of piperazine rings is 1. The van der Waals surface area contributed by atoms with E-state index >= 15 is 0 Å². The van der Waals surface area contributed by atoms with E-state index in [0.717, 1.165) is 39.1 Å². The number of nitrogens with zero attached hydrogens (tertiary/aromatic N) is 7. The highest BCUT2D eigenvalue weighted by atomic mass is 35.5. The maximum Gasteiger partial charge on any atom is 0.264 e. The van der Waals surface area contributed by atoms with Gasteiger partial charge in [0.2, 0.25) is 5.95 Å². The van der Waals surface area contributed by atoms with Crippen molar-refractivity contribution in [2.45, 2.75) is 31.4 Å². The number of fused-ring (bicyclic) bond motifs is 1. The van der Waals surface area contributed by atoms with Crippen LogP contribution >= 0.6 is 11.6 Å². The maximum absolute atomic E-state index is 13.9. The van der Waals surface area contributed by atoms with Crippen molar-refractivity contribution in [3.8, 4) is 6.07 Å². The first-order chi connectivity index (χ1) is 17.5. The lowest BCUT2D eigenvalue weighted by atomic mass is 10.1. The van der Waals surface area contributed by atoms with Crippen LogP contribution in [0, 0.1) is 11.3 Å². The molecule has 0 spiro atoms. The topological polar surface area (TPSA) is 107 Å². The summed E-state index contributed by atoms with van der Waals surface area (Å²) in [6, 6.07) is 5.54. The molecule has 3 fully saturated rings. The highest BCUT2D eigenvalue weighted by molar-refractivity contribution is 6.36. The van der Waals surface area contributed by atoms with E-state index in [2.05, 4.69) is 36.7 Å². The predicted octanol–water partition coefficient (Wildman–Crippen LogP) is 3.43. The Hall–Kier alpha value is -3.27. The SMILES string of the molecule is N#Cc1cnc2c(NC3CC3)nc(Nc3cc(C(F)F)cc(N4CCN(C5COC5)CC4)c3Cl)nn12. The zero-order valence-electron chi connectivity index (χ0n) is 19.3. The Morgan fingerprint density at radius 3 is 2.58 bits per heavy atom. The van der Waals surface area contributed by atoms with Crippen LogP contribution in [0.4, 0.5) is 31.9 Å².